The van der Waals surface area contributed by atoms with Crippen molar-refractivity contribution in [1.82, 2.24) is 19.1 Å². The van der Waals surface area contributed by atoms with Crippen LogP contribution in [-0.2, 0) is 13.0 Å². The maximum absolute atomic E-state index is 11.8. The van der Waals surface area contributed by atoms with Gasteiger partial charge in [0.1, 0.15) is 5.82 Å². The fraction of sp³-hybridized carbons (Fsp3) is 0.156. The van der Waals surface area contributed by atoms with Crippen LogP contribution in [0, 0.1) is 6.92 Å². The lowest BCUT2D eigenvalue weighted by Crippen LogP contribution is -2.06. The smallest absolute Gasteiger partial charge is 0.337 e. The van der Waals surface area contributed by atoms with E-state index in [4.69, 9.17) is 4.98 Å². The zero-order chi connectivity index (χ0) is 26.2. The topological polar surface area (TPSA) is 72.9 Å². The standard InChI is InChI=1S/C32H28N4O2/c1-3-8-30-34-31-21(2)17-24(26-10-6-7-15-33-26)19-29(31)36(30)20-22-12-13-27-23(18-22)14-16-35(27)28-11-5-4-9-25(28)32(37)38/h4-7,9-19H,3,8,20H2,1-2H3,(H,37,38). The maximum Gasteiger partial charge on any atom is 0.337 e. The molecule has 0 aliphatic carbocycles. The lowest BCUT2D eigenvalue weighted by atomic mass is 10.1. The molecule has 3 aromatic carbocycles. The normalized spacial score (nSPS) is 11.4. The van der Waals surface area contributed by atoms with Crippen LogP contribution in [0.25, 0.3) is 38.9 Å². The summed E-state index contributed by atoms with van der Waals surface area (Å²) in [6, 6.07) is 25.9. The van der Waals surface area contributed by atoms with Crippen molar-refractivity contribution in [3.63, 3.8) is 0 Å². The van der Waals surface area contributed by atoms with Crippen LogP contribution >= 0.6 is 0 Å². The van der Waals surface area contributed by atoms with Crippen LogP contribution in [0.1, 0.15) is 40.7 Å². The molecule has 6 aromatic rings. The van der Waals surface area contributed by atoms with Gasteiger partial charge in [-0.15, -0.1) is 0 Å². The predicted octanol–water partition coefficient (Wildman–Crippen LogP) is 7.05. The number of imidazole rings is 1. The van der Waals surface area contributed by atoms with Crippen LogP contribution in [0.2, 0.25) is 0 Å². The Balaban J connectivity index is 1.43. The average molecular weight is 501 g/mol. The van der Waals surface area contributed by atoms with Crippen LogP contribution in [0.3, 0.4) is 0 Å². The first-order valence-electron chi connectivity index (χ1n) is 12.9. The van der Waals surface area contributed by atoms with Gasteiger partial charge in [-0.1, -0.05) is 31.2 Å². The number of rotatable bonds is 7. The molecule has 0 bridgehead atoms. The van der Waals surface area contributed by atoms with Crippen molar-refractivity contribution < 1.29 is 9.90 Å². The molecule has 3 aromatic heterocycles. The Morgan fingerprint density at radius 2 is 1.79 bits per heavy atom. The van der Waals surface area contributed by atoms with E-state index in [9.17, 15) is 9.90 Å². The SMILES string of the molecule is CCCc1nc2c(C)cc(-c3ccccn3)cc2n1Cc1ccc2c(ccn2-c2ccccc2C(=O)O)c1. The Morgan fingerprint density at radius 3 is 2.58 bits per heavy atom. The Hall–Kier alpha value is -4.71. The zero-order valence-corrected chi connectivity index (χ0v) is 21.4. The molecule has 1 N–H and O–H groups in total. The zero-order valence-electron chi connectivity index (χ0n) is 21.4. The summed E-state index contributed by atoms with van der Waals surface area (Å²) in [5.41, 5.74) is 8.40. The van der Waals surface area contributed by atoms with E-state index < -0.39 is 5.97 Å². The molecule has 6 nitrogen and oxygen atoms in total. The molecule has 0 atom stereocenters. The van der Waals surface area contributed by atoms with Gasteiger partial charge in [0.25, 0.3) is 0 Å². The quantitative estimate of drug-likeness (QED) is 0.255. The van der Waals surface area contributed by atoms with Crippen molar-refractivity contribution in [2.45, 2.75) is 33.2 Å². The average Bonchev–Trinajstić information content (AvgIpc) is 3.51. The number of nitrogens with zero attached hydrogens (tertiary/aromatic N) is 4. The number of carboxylic acids is 1. The first-order valence-corrected chi connectivity index (χ1v) is 12.9. The maximum atomic E-state index is 11.8. The minimum absolute atomic E-state index is 0.280. The molecular formula is C32H28N4O2. The Labute approximate surface area is 220 Å². The van der Waals surface area contributed by atoms with Crippen molar-refractivity contribution in [3.8, 4) is 16.9 Å². The molecule has 0 unspecified atom stereocenters. The number of para-hydroxylation sites is 1. The number of carboxylic acid groups (broad SMARTS) is 1. The van der Waals surface area contributed by atoms with Crippen LogP contribution in [0.5, 0.6) is 0 Å². The van der Waals surface area contributed by atoms with E-state index in [0.717, 1.165) is 57.4 Å². The first-order chi connectivity index (χ1) is 18.5. The molecule has 6 heteroatoms. The minimum Gasteiger partial charge on any atom is -0.478 e. The van der Waals surface area contributed by atoms with Gasteiger partial charge >= 0.3 is 5.97 Å². The fourth-order valence-electron chi connectivity index (χ4n) is 5.26. The van der Waals surface area contributed by atoms with Gasteiger partial charge in [0.2, 0.25) is 0 Å². The number of pyridine rings is 1. The van der Waals surface area contributed by atoms with E-state index >= 15 is 0 Å². The van der Waals surface area contributed by atoms with Gasteiger partial charge < -0.3 is 14.2 Å². The van der Waals surface area contributed by atoms with E-state index in [1.807, 2.05) is 53.4 Å². The third-order valence-electron chi connectivity index (χ3n) is 7.05. The molecule has 0 spiro atoms. The number of aromatic nitrogens is 4. The monoisotopic (exact) mass is 500 g/mol. The van der Waals surface area contributed by atoms with Crippen LogP contribution in [0.4, 0.5) is 0 Å². The second-order valence-corrected chi connectivity index (χ2v) is 9.64. The Bertz CT molecular complexity index is 1800. The number of benzene rings is 3. The number of hydrogen-bond acceptors (Lipinski definition) is 3. The molecule has 6 rings (SSSR count). The summed E-state index contributed by atoms with van der Waals surface area (Å²) in [4.78, 5) is 21.4. The van der Waals surface area contributed by atoms with Gasteiger partial charge in [-0.05, 0) is 79.1 Å². The van der Waals surface area contributed by atoms with Gasteiger partial charge in [-0.3, -0.25) is 4.98 Å². The highest BCUT2D eigenvalue weighted by atomic mass is 16.4. The summed E-state index contributed by atoms with van der Waals surface area (Å²) in [6.07, 6.45) is 5.68. The van der Waals surface area contributed by atoms with Crippen molar-refractivity contribution in [1.29, 1.82) is 0 Å². The highest BCUT2D eigenvalue weighted by Crippen LogP contribution is 2.29. The molecule has 0 amide bonds. The molecule has 0 saturated heterocycles. The Kier molecular flexibility index (Phi) is 6.00. The molecule has 0 saturated carbocycles. The lowest BCUT2D eigenvalue weighted by molar-refractivity contribution is 0.0697. The highest BCUT2D eigenvalue weighted by molar-refractivity contribution is 5.93. The number of hydrogen-bond donors (Lipinski definition) is 1. The predicted molar refractivity (Wildman–Crippen MR) is 151 cm³/mol. The van der Waals surface area contributed by atoms with E-state index in [0.29, 0.717) is 12.2 Å². The summed E-state index contributed by atoms with van der Waals surface area (Å²) < 4.78 is 4.27. The summed E-state index contributed by atoms with van der Waals surface area (Å²) in [5.74, 6) is 0.145. The minimum atomic E-state index is -0.935. The Morgan fingerprint density at radius 1 is 0.947 bits per heavy atom. The van der Waals surface area contributed by atoms with Gasteiger partial charge in [0.05, 0.1) is 33.5 Å². The summed E-state index contributed by atoms with van der Waals surface area (Å²) in [6.45, 7) is 5.00. The molecule has 0 fully saturated rings. The van der Waals surface area contributed by atoms with E-state index in [1.54, 1.807) is 12.1 Å². The molecule has 3 heterocycles. The molecule has 38 heavy (non-hydrogen) atoms. The highest BCUT2D eigenvalue weighted by Gasteiger charge is 2.16. The molecule has 0 radical (unpaired) electrons. The number of aromatic carboxylic acids is 1. The summed E-state index contributed by atoms with van der Waals surface area (Å²) in [5, 5.41) is 10.7. The van der Waals surface area contributed by atoms with Crippen molar-refractivity contribution in [2.75, 3.05) is 0 Å². The lowest BCUT2D eigenvalue weighted by Gasteiger charge is -2.12. The molecule has 0 aliphatic heterocycles. The van der Waals surface area contributed by atoms with E-state index in [1.165, 1.54) is 5.56 Å². The third-order valence-corrected chi connectivity index (χ3v) is 7.05. The summed E-state index contributed by atoms with van der Waals surface area (Å²) >= 11 is 0. The molecule has 188 valence electrons. The van der Waals surface area contributed by atoms with Crippen molar-refractivity contribution in [3.05, 3.63) is 114 Å². The fourth-order valence-corrected chi connectivity index (χ4v) is 5.26. The van der Waals surface area contributed by atoms with Crippen LogP contribution < -0.4 is 0 Å². The second-order valence-electron chi connectivity index (χ2n) is 9.64. The number of aryl methyl sites for hydroxylation is 2. The van der Waals surface area contributed by atoms with Crippen molar-refractivity contribution in [2.24, 2.45) is 0 Å². The second kappa shape index (κ2) is 9.63. The molecule has 0 aliphatic rings. The van der Waals surface area contributed by atoms with Crippen LogP contribution in [0.15, 0.2) is 91.3 Å². The van der Waals surface area contributed by atoms with Gasteiger partial charge in [-0.2, -0.15) is 0 Å². The van der Waals surface area contributed by atoms with Crippen LogP contribution in [-0.4, -0.2) is 30.2 Å². The van der Waals surface area contributed by atoms with E-state index in [-0.39, 0.29) is 5.56 Å². The van der Waals surface area contributed by atoms with E-state index in [2.05, 4.69) is 53.7 Å². The van der Waals surface area contributed by atoms with Crippen molar-refractivity contribution >= 4 is 27.9 Å². The summed E-state index contributed by atoms with van der Waals surface area (Å²) in [7, 11) is 0. The number of fused-ring (bicyclic) bond motifs is 2. The first kappa shape index (κ1) is 23.7. The third kappa shape index (κ3) is 4.14. The van der Waals surface area contributed by atoms with Gasteiger partial charge in [-0.25, -0.2) is 9.78 Å². The largest absolute Gasteiger partial charge is 0.478 e. The van der Waals surface area contributed by atoms with Gasteiger partial charge in [0, 0.05) is 36.3 Å². The number of carbonyl (C=O) groups is 1. The van der Waals surface area contributed by atoms with Gasteiger partial charge in [0.15, 0.2) is 0 Å². The molecular weight excluding hydrogens is 472 g/mol.